The van der Waals surface area contributed by atoms with Crippen LogP contribution in [0.25, 0.3) is 0 Å². The predicted molar refractivity (Wildman–Crippen MR) is 79.6 cm³/mol. The summed E-state index contributed by atoms with van der Waals surface area (Å²) in [5, 5.41) is 0. The minimum Gasteiger partial charge on any atom is -0.401 e. The SMILES string of the molecule is CN=C(C1=C(N)CCCC1=O)C(OC)c1ccccc1. The van der Waals surface area contributed by atoms with Crippen LogP contribution < -0.4 is 5.73 Å². The molecule has 1 aromatic carbocycles. The number of nitrogens with two attached hydrogens (primary N) is 1. The lowest BCUT2D eigenvalue weighted by Gasteiger charge is -2.23. The molecule has 106 valence electrons. The molecule has 0 amide bonds. The van der Waals surface area contributed by atoms with E-state index in [-0.39, 0.29) is 11.9 Å². The molecule has 20 heavy (non-hydrogen) atoms. The maximum Gasteiger partial charge on any atom is 0.166 e. The number of carbonyl (C=O) groups excluding carboxylic acids is 1. The van der Waals surface area contributed by atoms with E-state index in [1.54, 1.807) is 14.2 Å². The standard InChI is InChI=1S/C16H20N2O2/c1-18-15(14-12(17)9-6-10-13(14)19)16(20-2)11-7-4-3-5-8-11/h3-5,7-8,16H,6,9-10,17H2,1-2H3. The molecule has 1 aromatic rings. The van der Waals surface area contributed by atoms with Gasteiger partial charge in [-0.25, -0.2) is 0 Å². The molecule has 1 atom stereocenters. The second kappa shape index (κ2) is 6.48. The van der Waals surface area contributed by atoms with Crippen LogP contribution in [0.15, 0.2) is 46.6 Å². The van der Waals surface area contributed by atoms with Gasteiger partial charge in [-0.15, -0.1) is 0 Å². The number of aliphatic imine (C=N–C) groups is 1. The van der Waals surface area contributed by atoms with Gasteiger partial charge in [-0.1, -0.05) is 30.3 Å². The van der Waals surface area contributed by atoms with Crippen molar-refractivity contribution in [2.75, 3.05) is 14.2 Å². The molecule has 1 aliphatic carbocycles. The quantitative estimate of drug-likeness (QED) is 0.856. The molecular weight excluding hydrogens is 252 g/mol. The molecule has 1 aliphatic rings. The zero-order valence-electron chi connectivity index (χ0n) is 11.9. The molecular formula is C16H20N2O2. The normalized spacial score (nSPS) is 18.3. The highest BCUT2D eigenvalue weighted by Gasteiger charge is 2.29. The Morgan fingerprint density at radius 2 is 2.00 bits per heavy atom. The van der Waals surface area contributed by atoms with Crippen molar-refractivity contribution in [2.45, 2.75) is 25.4 Å². The fourth-order valence-corrected chi connectivity index (χ4v) is 2.57. The average molecular weight is 272 g/mol. The maximum atomic E-state index is 12.2. The summed E-state index contributed by atoms with van der Waals surface area (Å²) in [6.07, 6.45) is 1.72. The van der Waals surface area contributed by atoms with Crippen molar-refractivity contribution >= 4 is 11.5 Å². The van der Waals surface area contributed by atoms with Gasteiger partial charge in [0.15, 0.2) is 5.78 Å². The van der Waals surface area contributed by atoms with Crippen LogP contribution in [0.3, 0.4) is 0 Å². The number of nitrogens with zero attached hydrogens (tertiary/aromatic N) is 1. The van der Waals surface area contributed by atoms with Gasteiger partial charge in [0.25, 0.3) is 0 Å². The summed E-state index contributed by atoms with van der Waals surface area (Å²) in [5.41, 5.74) is 8.81. The first-order chi connectivity index (χ1) is 9.69. The minimum absolute atomic E-state index is 0.0623. The van der Waals surface area contributed by atoms with Gasteiger partial charge in [0.2, 0.25) is 0 Å². The van der Waals surface area contributed by atoms with Crippen LogP contribution in [-0.2, 0) is 9.53 Å². The van der Waals surface area contributed by atoms with Gasteiger partial charge in [0, 0.05) is 26.3 Å². The van der Waals surface area contributed by atoms with Crippen LogP contribution in [0, 0.1) is 0 Å². The third-order valence-corrected chi connectivity index (χ3v) is 3.53. The van der Waals surface area contributed by atoms with Crippen molar-refractivity contribution in [2.24, 2.45) is 10.7 Å². The summed E-state index contributed by atoms with van der Waals surface area (Å²) < 4.78 is 5.57. The molecule has 0 fully saturated rings. The number of methoxy groups -OCH3 is 1. The molecule has 0 heterocycles. The van der Waals surface area contributed by atoms with Crippen molar-refractivity contribution < 1.29 is 9.53 Å². The van der Waals surface area contributed by atoms with E-state index in [0.29, 0.717) is 23.4 Å². The summed E-state index contributed by atoms with van der Waals surface area (Å²) in [6.45, 7) is 0. The molecule has 2 rings (SSSR count). The van der Waals surface area contributed by atoms with Gasteiger partial charge in [-0.2, -0.15) is 0 Å². The molecule has 1 unspecified atom stereocenters. The lowest BCUT2D eigenvalue weighted by atomic mass is 9.88. The fraction of sp³-hybridized carbons (Fsp3) is 0.375. The van der Waals surface area contributed by atoms with Crippen molar-refractivity contribution in [1.29, 1.82) is 0 Å². The highest BCUT2D eigenvalue weighted by Crippen LogP contribution is 2.28. The largest absolute Gasteiger partial charge is 0.401 e. The van der Waals surface area contributed by atoms with Crippen LogP contribution in [0.1, 0.15) is 30.9 Å². The molecule has 2 N–H and O–H groups in total. The zero-order chi connectivity index (χ0) is 14.5. The number of benzene rings is 1. The molecule has 0 saturated carbocycles. The number of ether oxygens (including phenoxy) is 1. The van der Waals surface area contributed by atoms with E-state index in [1.807, 2.05) is 30.3 Å². The summed E-state index contributed by atoms with van der Waals surface area (Å²) in [4.78, 5) is 16.5. The number of hydrogen-bond donors (Lipinski definition) is 1. The first-order valence-electron chi connectivity index (χ1n) is 6.75. The zero-order valence-corrected chi connectivity index (χ0v) is 11.9. The molecule has 0 aliphatic heterocycles. The number of Topliss-reactive ketones (excluding diaryl/α,β-unsaturated/α-hetero) is 1. The van der Waals surface area contributed by atoms with Crippen LogP contribution in [-0.4, -0.2) is 25.7 Å². The number of rotatable bonds is 4. The first-order valence-corrected chi connectivity index (χ1v) is 6.75. The number of hydrogen-bond acceptors (Lipinski definition) is 4. The van der Waals surface area contributed by atoms with E-state index in [9.17, 15) is 4.79 Å². The van der Waals surface area contributed by atoms with E-state index in [4.69, 9.17) is 10.5 Å². The topological polar surface area (TPSA) is 64.7 Å². The molecule has 0 bridgehead atoms. The van der Waals surface area contributed by atoms with Gasteiger partial charge in [-0.05, 0) is 18.4 Å². The monoisotopic (exact) mass is 272 g/mol. The Labute approximate surface area is 119 Å². The number of carbonyl (C=O) groups is 1. The molecule has 0 aromatic heterocycles. The Morgan fingerprint density at radius 1 is 1.30 bits per heavy atom. The van der Waals surface area contributed by atoms with Crippen molar-refractivity contribution in [3.63, 3.8) is 0 Å². The molecule has 4 nitrogen and oxygen atoms in total. The van der Waals surface area contributed by atoms with Crippen LogP contribution in [0.4, 0.5) is 0 Å². The summed E-state index contributed by atoms with van der Waals surface area (Å²) >= 11 is 0. The van der Waals surface area contributed by atoms with Crippen molar-refractivity contribution in [1.82, 2.24) is 0 Å². The average Bonchev–Trinajstić information content (AvgIpc) is 2.47. The lowest BCUT2D eigenvalue weighted by molar-refractivity contribution is -0.115. The Hall–Kier alpha value is -1.94. The number of allylic oxidation sites excluding steroid dienone is 1. The smallest absolute Gasteiger partial charge is 0.166 e. The predicted octanol–water partition coefficient (Wildman–Crippen LogP) is 2.41. The van der Waals surface area contributed by atoms with E-state index in [1.165, 1.54) is 0 Å². The lowest BCUT2D eigenvalue weighted by Crippen LogP contribution is -2.27. The highest BCUT2D eigenvalue weighted by atomic mass is 16.5. The molecule has 4 heteroatoms. The Morgan fingerprint density at radius 3 is 2.55 bits per heavy atom. The van der Waals surface area contributed by atoms with Crippen LogP contribution >= 0.6 is 0 Å². The third-order valence-electron chi connectivity index (χ3n) is 3.53. The third kappa shape index (κ3) is 2.80. The Balaban J connectivity index is 2.44. The van der Waals surface area contributed by atoms with E-state index < -0.39 is 0 Å². The van der Waals surface area contributed by atoms with Crippen LogP contribution in [0.5, 0.6) is 0 Å². The van der Waals surface area contributed by atoms with E-state index >= 15 is 0 Å². The van der Waals surface area contributed by atoms with E-state index in [0.717, 1.165) is 18.4 Å². The Kier molecular flexibility index (Phi) is 4.69. The van der Waals surface area contributed by atoms with Gasteiger partial charge in [0.1, 0.15) is 6.10 Å². The second-order valence-electron chi connectivity index (χ2n) is 4.81. The van der Waals surface area contributed by atoms with Crippen molar-refractivity contribution in [3.8, 4) is 0 Å². The molecule has 0 radical (unpaired) electrons. The molecule has 0 saturated heterocycles. The van der Waals surface area contributed by atoms with E-state index in [2.05, 4.69) is 4.99 Å². The van der Waals surface area contributed by atoms with Crippen LogP contribution in [0.2, 0.25) is 0 Å². The fourth-order valence-electron chi connectivity index (χ4n) is 2.57. The minimum atomic E-state index is -0.364. The number of ketones is 1. The van der Waals surface area contributed by atoms with Gasteiger partial charge >= 0.3 is 0 Å². The Bertz CT molecular complexity index is 547. The van der Waals surface area contributed by atoms with Gasteiger partial charge in [0.05, 0.1) is 11.3 Å². The molecule has 0 spiro atoms. The van der Waals surface area contributed by atoms with Gasteiger partial charge in [-0.3, -0.25) is 9.79 Å². The highest BCUT2D eigenvalue weighted by molar-refractivity contribution is 6.24. The maximum absolute atomic E-state index is 12.2. The summed E-state index contributed by atoms with van der Waals surface area (Å²) in [6, 6.07) is 9.75. The van der Waals surface area contributed by atoms with Crippen molar-refractivity contribution in [3.05, 3.63) is 47.2 Å². The summed E-state index contributed by atoms with van der Waals surface area (Å²) in [7, 11) is 3.29. The second-order valence-corrected chi connectivity index (χ2v) is 4.81. The summed E-state index contributed by atoms with van der Waals surface area (Å²) in [5.74, 6) is 0.0623. The first kappa shape index (κ1) is 14.5. The van der Waals surface area contributed by atoms with Gasteiger partial charge < -0.3 is 10.5 Å².